The van der Waals surface area contributed by atoms with E-state index in [0.29, 0.717) is 30.3 Å². The minimum Gasteiger partial charge on any atom is -0.355 e. The van der Waals surface area contributed by atoms with E-state index in [2.05, 4.69) is 21.2 Å². The highest BCUT2D eigenvalue weighted by atomic mass is 79.9. The van der Waals surface area contributed by atoms with Crippen LogP contribution in [0.3, 0.4) is 0 Å². The van der Waals surface area contributed by atoms with Crippen molar-refractivity contribution < 1.29 is 9.59 Å². The molecule has 0 aromatic heterocycles. The van der Waals surface area contributed by atoms with E-state index in [1.54, 1.807) is 4.90 Å². The standard InChI is InChI=1S/C27H28BrClN2O2S/c1-2-30-27(33)25(16-20-7-4-3-5-8-20)31(17-21-11-13-23(28)14-12-21)26(32)19-34-18-22-9-6-10-24(29)15-22/h3-15,25H,2,16-19H2,1H3,(H,30,33)/t25-/m1/s1. The van der Waals surface area contributed by atoms with Gasteiger partial charge in [0.05, 0.1) is 5.75 Å². The van der Waals surface area contributed by atoms with Gasteiger partial charge in [-0.15, -0.1) is 11.8 Å². The molecule has 0 aliphatic heterocycles. The third kappa shape index (κ3) is 8.19. The molecule has 0 spiro atoms. The average Bonchev–Trinajstić information content (AvgIpc) is 2.83. The predicted molar refractivity (Wildman–Crippen MR) is 145 cm³/mol. The summed E-state index contributed by atoms with van der Waals surface area (Å²) in [7, 11) is 0. The number of halogens is 2. The van der Waals surface area contributed by atoms with Crippen LogP contribution in [0.1, 0.15) is 23.6 Å². The highest BCUT2D eigenvalue weighted by Gasteiger charge is 2.30. The number of thioether (sulfide) groups is 1. The van der Waals surface area contributed by atoms with Gasteiger partial charge in [-0.05, 0) is 47.9 Å². The van der Waals surface area contributed by atoms with Crippen LogP contribution in [0.2, 0.25) is 5.02 Å². The molecule has 3 aromatic rings. The summed E-state index contributed by atoms with van der Waals surface area (Å²) in [4.78, 5) is 28.4. The van der Waals surface area contributed by atoms with E-state index in [4.69, 9.17) is 11.6 Å². The number of rotatable bonds is 11. The third-order valence-electron chi connectivity index (χ3n) is 5.27. The number of likely N-dealkylation sites (N-methyl/N-ethyl adjacent to an activating group) is 1. The van der Waals surface area contributed by atoms with Crippen molar-refractivity contribution in [3.63, 3.8) is 0 Å². The molecule has 0 radical (unpaired) electrons. The normalized spacial score (nSPS) is 11.6. The molecule has 1 N–H and O–H groups in total. The number of nitrogens with zero attached hydrogens (tertiary/aromatic N) is 1. The Labute approximate surface area is 219 Å². The highest BCUT2D eigenvalue weighted by Crippen LogP contribution is 2.20. The minimum atomic E-state index is -0.606. The molecular weight excluding hydrogens is 532 g/mol. The SMILES string of the molecule is CCNC(=O)[C@@H](Cc1ccccc1)N(Cc1ccc(Br)cc1)C(=O)CSCc1cccc(Cl)c1. The Hall–Kier alpha value is -2.28. The van der Waals surface area contributed by atoms with Crippen LogP contribution in [0.5, 0.6) is 0 Å². The Bertz CT molecular complexity index is 1080. The molecule has 178 valence electrons. The highest BCUT2D eigenvalue weighted by molar-refractivity contribution is 9.10. The third-order valence-corrected chi connectivity index (χ3v) is 7.02. The van der Waals surface area contributed by atoms with Crippen LogP contribution in [-0.4, -0.2) is 35.1 Å². The van der Waals surface area contributed by atoms with Crippen molar-refractivity contribution in [3.8, 4) is 0 Å². The van der Waals surface area contributed by atoms with E-state index in [9.17, 15) is 9.59 Å². The van der Waals surface area contributed by atoms with Gasteiger partial charge in [0.15, 0.2) is 0 Å². The first-order valence-electron chi connectivity index (χ1n) is 11.1. The quantitative estimate of drug-likeness (QED) is 0.308. The summed E-state index contributed by atoms with van der Waals surface area (Å²) >= 11 is 11.1. The van der Waals surface area contributed by atoms with Crippen LogP contribution in [0.25, 0.3) is 0 Å². The van der Waals surface area contributed by atoms with Crippen LogP contribution < -0.4 is 5.32 Å². The molecule has 0 unspecified atom stereocenters. The van der Waals surface area contributed by atoms with Crippen LogP contribution >= 0.6 is 39.3 Å². The molecule has 34 heavy (non-hydrogen) atoms. The number of hydrogen-bond acceptors (Lipinski definition) is 3. The number of amides is 2. The number of nitrogens with one attached hydrogen (secondary N) is 1. The van der Waals surface area contributed by atoms with Crippen molar-refractivity contribution in [2.45, 2.75) is 31.7 Å². The Morgan fingerprint density at radius 2 is 1.68 bits per heavy atom. The van der Waals surface area contributed by atoms with Crippen LogP contribution in [0, 0.1) is 0 Å². The van der Waals surface area contributed by atoms with Gasteiger partial charge in [-0.3, -0.25) is 9.59 Å². The first-order chi connectivity index (χ1) is 16.5. The fraction of sp³-hybridized carbons (Fsp3) is 0.259. The van der Waals surface area contributed by atoms with Crippen molar-refractivity contribution in [1.29, 1.82) is 0 Å². The molecule has 0 fully saturated rings. The van der Waals surface area contributed by atoms with Gasteiger partial charge in [-0.1, -0.05) is 82.1 Å². The zero-order valence-corrected chi connectivity index (χ0v) is 22.2. The Kier molecular flexibility index (Phi) is 10.5. The van der Waals surface area contributed by atoms with Gasteiger partial charge in [0.25, 0.3) is 0 Å². The number of hydrogen-bond donors (Lipinski definition) is 1. The Morgan fingerprint density at radius 1 is 0.971 bits per heavy atom. The predicted octanol–water partition coefficient (Wildman–Crippen LogP) is 6.11. The molecule has 0 saturated heterocycles. The molecule has 0 aliphatic carbocycles. The molecule has 0 saturated carbocycles. The number of carbonyl (C=O) groups excluding carboxylic acids is 2. The van der Waals surface area contributed by atoms with E-state index in [-0.39, 0.29) is 17.6 Å². The lowest BCUT2D eigenvalue weighted by atomic mass is 10.0. The van der Waals surface area contributed by atoms with Gasteiger partial charge in [0.1, 0.15) is 6.04 Å². The lowest BCUT2D eigenvalue weighted by Gasteiger charge is -2.31. The van der Waals surface area contributed by atoms with Crippen molar-refractivity contribution in [2.24, 2.45) is 0 Å². The van der Waals surface area contributed by atoms with Gasteiger partial charge in [0, 0.05) is 34.8 Å². The van der Waals surface area contributed by atoms with E-state index < -0.39 is 6.04 Å². The largest absolute Gasteiger partial charge is 0.355 e. The van der Waals surface area contributed by atoms with Gasteiger partial charge >= 0.3 is 0 Å². The molecule has 1 atom stereocenters. The molecular formula is C27H28BrClN2O2S. The summed E-state index contributed by atoms with van der Waals surface area (Å²) in [5.41, 5.74) is 3.05. The molecule has 2 amide bonds. The molecule has 0 heterocycles. The summed E-state index contributed by atoms with van der Waals surface area (Å²) < 4.78 is 0.968. The van der Waals surface area contributed by atoms with Crippen LogP contribution in [-0.2, 0) is 28.3 Å². The zero-order chi connectivity index (χ0) is 24.3. The van der Waals surface area contributed by atoms with E-state index >= 15 is 0 Å². The fourth-order valence-electron chi connectivity index (χ4n) is 3.60. The maximum Gasteiger partial charge on any atom is 0.243 e. The number of benzene rings is 3. The first kappa shape index (κ1) is 26.3. The second-order valence-electron chi connectivity index (χ2n) is 7.87. The molecule has 3 rings (SSSR count). The average molecular weight is 560 g/mol. The van der Waals surface area contributed by atoms with Crippen LogP contribution in [0.4, 0.5) is 0 Å². The summed E-state index contributed by atoms with van der Waals surface area (Å²) in [5, 5.41) is 3.60. The van der Waals surface area contributed by atoms with E-state index in [1.165, 1.54) is 11.8 Å². The van der Waals surface area contributed by atoms with Gasteiger partial charge in [0.2, 0.25) is 11.8 Å². The van der Waals surface area contributed by atoms with Crippen molar-refractivity contribution in [3.05, 3.63) is 105 Å². The summed E-state index contributed by atoms with van der Waals surface area (Å²) in [6.07, 6.45) is 0.452. The smallest absolute Gasteiger partial charge is 0.243 e. The van der Waals surface area contributed by atoms with Gasteiger partial charge in [-0.25, -0.2) is 0 Å². The first-order valence-corrected chi connectivity index (χ1v) is 13.5. The summed E-state index contributed by atoms with van der Waals surface area (Å²) in [5.74, 6) is 0.732. The van der Waals surface area contributed by atoms with Crippen molar-refractivity contribution >= 4 is 51.1 Å². The van der Waals surface area contributed by atoms with Crippen molar-refractivity contribution in [2.75, 3.05) is 12.3 Å². The molecule has 3 aromatic carbocycles. The second kappa shape index (κ2) is 13.6. The molecule has 0 bridgehead atoms. The van der Waals surface area contributed by atoms with Gasteiger partial charge < -0.3 is 10.2 Å². The topological polar surface area (TPSA) is 49.4 Å². The maximum absolute atomic E-state index is 13.5. The monoisotopic (exact) mass is 558 g/mol. The minimum absolute atomic E-state index is 0.0675. The molecule has 7 heteroatoms. The van der Waals surface area contributed by atoms with Crippen LogP contribution in [0.15, 0.2) is 83.3 Å². The fourth-order valence-corrected chi connectivity index (χ4v) is 4.93. The lowest BCUT2D eigenvalue weighted by Crippen LogP contribution is -2.51. The zero-order valence-electron chi connectivity index (χ0n) is 19.0. The van der Waals surface area contributed by atoms with E-state index in [0.717, 1.165) is 21.2 Å². The summed E-state index contributed by atoms with van der Waals surface area (Å²) in [6, 6.07) is 24.7. The Balaban J connectivity index is 1.81. The summed E-state index contributed by atoms with van der Waals surface area (Å²) in [6.45, 7) is 2.76. The molecule has 4 nitrogen and oxygen atoms in total. The van der Waals surface area contributed by atoms with Gasteiger partial charge in [-0.2, -0.15) is 0 Å². The van der Waals surface area contributed by atoms with E-state index in [1.807, 2.05) is 85.8 Å². The lowest BCUT2D eigenvalue weighted by molar-refractivity contribution is -0.139. The maximum atomic E-state index is 13.5. The molecule has 0 aliphatic rings. The number of carbonyl (C=O) groups is 2. The van der Waals surface area contributed by atoms with Crippen molar-refractivity contribution in [1.82, 2.24) is 10.2 Å². The second-order valence-corrected chi connectivity index (χ2v) is 10.2. The Morgan fingerprint density at radius 3 is 2.35 bits per heavy atom.